The lowest BCUT2D eigenvalue weighted by atomic mass is 10.2. The Morgan fingerprint density at radius 2 is 1.91 bits per heavy atom. The zero-order valence-corrected chi connectivity index (χ0v) is 18.3. The number of allylic oxidation sites excluding steroid dienone is 2. The van der Waals surface area contributed by atoms with Crippen molar-refractivity contribution in [3.05, 3.63) is 65.4 Å². The average molecular weight is 448 g/mol. The van der Waals surface area contributed by atoms with Crippen molar-refractivity contribution in [3.63, 3.8) is 0 Å². The normalized spacial score (nSPS) is 12.0. The van der Waals surface area contributed by atoms with Crippen molar-refractivity contribution < 1.29 is 32.9 Å². The molecule has 0 saturated carbocycles. The van der Waals surface area contributed by atoms with Gasteiger partial charge in [-0.2, -0.15) is 5.10 Å². The molecule has 9 heteroatoms. The van der Waals surface area contributed by atoms with Crippen molar-refractivity contribution in [2.45, 2.75) is 26.1 Å². The number of hydrogen-bond acceptors (Lipinski definition) is 7. The first-order valence-electron chi connectivity index (χ1n) is 9.66. The first-order chi connectivity index (χ1) is 15.1. The maximum absolute atomic E-state index is 13.3. The topological polar surface area (TPSA) is 80.6 Å². The van der Waals surface area contributed by atoms with Gasteiger partial charge >= 0.3 is 0 Å². The van der Waals surface area contributed by atoms with Gasteiger partial charge in [-0.25, -0.2) is 8.78 Å². The zero-order valence-electron chi connectivity index (χ0n) is 18.3. The fourth-order valence-corrected chi connectivity index (χ4v) is 2.43. The second-order valence-electron chi connectivity index (χ2n) is 7.45. The highest BCUT2D eigenvalue weighted by molar-refractivity contribution is 5.83. The van der Waals surface area contributed by atoms with Crippen LogP contribution in [0.3, 0.4) is 0 Å². The van der Waals surface area contributed by atoms with Crippen LogP contribution < -0.4 is 14.5 Å². The molecule has 2 aromatic rings. The molecule has 0 atom stereocenters. The Morgan fingerprint density at radius 3 is 2.53 bits per heavy atom. The summed E-state index contributed by atoms with van der Waals surface area (Å²) in [5.41, 5.74) is 0.0554. The van der Waals surface area contributed by atoms with Crippen LogP contribution >= 0.6 is 0 Å². The molecule has 7 nitrogen and oxygen atoms in total. The van der Waals surface area contributed by atoms with Gasteiger partial charge < -0.3 is 19.3 Å². The summed E-state index contributed by atoms with van der Waals surface area (Å²) in [6.07, 6.45) is 3.01. The van der Waals surface area contributed by atoms with Gasteiger partial charge in [-0.15, -0.1) is 0 Å². The highest BCUT2D eigenvalue weighted by atomic mass is 19.2. The minimum Gasteiger partial charge on any atom is -0.493 e. The van der Waals surface area contributed by atoms with E-state index in [0.29, 0.717) is 29.0 Å². The van der Waals surface area contributed by atoms with Crippen molar-refractivity contribution in [1.29, 1.82) is 0 Å². The Labute approximate surface area is 185 Å². The summed E-state index contributed by atoms with van der Waals surface area (Å²) in [7, 11) is 3.17. The molecule has 0 fully saturated rings. The van der Waals surface area contributed by atoms with E-state index in [1.54, 1.807) is 39.1 Å². The Bertz CT molecular complexity index is 987. The summed E-state index contributed by atoms with van der Waals surface area (Å²) in [6.45, 7) is 3.28. The van der Waals surface area contributed by atoms with E-state index >= 15 is 0 Å². The van der Waals surface area contributed by atoms with Gasteiger partial charge in [0.1, 0.15) is 25.3 Å². The van der Waals surface area contributed by atoms with Crippen LogP contribution in [0.25, 0.3) is 0 Å². The van der Waals surface area contributed by atoms with E-state index in [1.165, 1.54) is 24.4 Å². The molecular formula is C23H26F2N2O5. The van der Waals surface area contributed by atoms with Gasteiger partial charge in [0.2, 0.25) is 0 Å². The number of aliphatic hydroxyl groups is 1. The van der Waals surface area contributed by atoms with Gasteiger partial charge in [0.25, 0.3) is 0 Å². The number of carbonyl (C=O) groups excluding carboxylic acids is 1. The van der Waals surface area contributed by atoms with Gasteiger partial charge in [0.05, 0.1) is 24.6 Å². The van der Waals surface area contributed by atoms with E-state index in [2.05, 4.69) is 5.10 Å². The molecule has 0 radical (unpaired) electrons. The van der Waals surface area contributed by atoms with Crippen molar-refractivity contribution in [3.8, 4) is 11.5 Å². The molecule has 1 N–H and O–H groups in total. The van der Waals surface area contributed by atoms with Crippen molar-refractivity contribution in [1.82, 2.24) is 0 Å². The number of hydrogen-bond donors (Lipinski definition) is 1. The Kier molecular flexibility index (Phi) is 8.71. The first kappa shape index (κ1) is 24.8. The van der Waals surface area contributed by atoms with Crippen LogP contribution in [0.5, 0.6) is 11.5 Å². The number of methoxy groups -OCH3 is 1. The van der Waals surface area contributed by atoms with Crippen LogP contribution in [-0.2, 0) is 16.1 Å². The lowest BCUT2D eigenvalue weighted by Gasteiger charge is -2.20. The quantitative estimate of drug-likeness (QED) is 0.185. The molecule has 172 valence electrons. The maximum atomic E-state index is 13.3. The highest BCUT2D eigenvalue weighted by Crippen LogP contribution is 2.32. The molecule has 0 amide bonds. The van der Waals surface area contributed by atoms with E-state index < -0.39 is 17.2 Å². The Morgan fingerprint density at radius 1 is 1.16 bits per heavy atom. The summed E-state index contributed by atoms with van der Waals surface area (Å²) >= 11 is 0. The van der Waals surface area contributed by atoms with Gasteiger partial charge in [-0.05, 0) is 43.7 Å². The summed E-state index contributed by atoms with van der Waals surface area (Å²) in [5.74, 6) is -0.885. The Hall–Kier alpha value is -3.46. The SMILES string of the molecule is COc1cc(N(C)/N=C\C(=C/C=O)OCc2ccc(F)c(F)c2)ccc1OCC(C)(C)O. The number of aldehydes is 1. The van der Waals surface area contributed by atoms with Gasteiger partial charge in [0, 0.05) is 19.2 Å². The first-order valence-corrected chi connectivity index (χ1v) is 9.66. The minimum absolute atomic E-state index is 0.0757. The molecule has 0 aliphatic rings. The second kappa shape index (κ2) is 11.2. The lowest BCUT2D eigenvalue weighted by molar-refractivity contribution is -0.104. The molecular weight excluding hydrogens is 422 g/mol. The van der Waals surface area contributed by atoms with Crippen LogP contribution in [0.15, 0.2) is 53.3 Å². The van der Waals surface area contributed by atoms with Crippen LogP contribution in [0.4, 0.5) is 14.5 Å². The number of nitrogens with zero attached hydrogens (tertiary/aromatic N) is 2. The van der Waals surface area contributed by atoms with Crippen molar-refractivity contribution in [2.24, 2.45) is 5.10 Å². The van der Waals surface area contributed by atoms with Gasteiger partial charge in [-0.3, -0.25) is 9.80 Å². The molecule has 2 aromatic carbocycles. The summed E-state index contributed by atoms with van der Waals surface area (Å²) in [4.78, 5) is 10.9. The summed E-state index contributed by atoms with van der Waals surface area (Å²) < 4.78 is 42.8. The standard InChI is InChI=1S/C23H26F2N2O5/c1-23(2,29)15-32-21-8-6-17(12-22(21)30-4)27(3)26-13-18(9-10-28)31-14-16-5-7-19(24)20(25)11-16/h5-13,29H,14-15H2,1-4H3/b18-9+,26-13-. The molecule has 0 aliphatic heterocycles. The third kappa shape index (κ3) is 7.66. The summed E-state index contributed by atoms with van der Waals surface area (Å²) in [6, 6.07) is 8.53. The molecule has 32 heavy (non-hydrogen) atoms. The van der Waals surface area contributed by atoms with E-state index in [4.69, 9.17) is 14.2 Å². The average Bonchev–Trinajstić information content (AvgIpc) is 2.75. The predicted octanol–water partition coefficient (Wildman–Crippen LogP) is 3.84. The van der Waals surface area contributed by atoms with Crippen LogP contribution in [-0.4, -0.2) is 44.0 Å². The van der Waals surface area contributed by atoms with Crippen molar-refractivity contribution >= 4 is 18.2 Å². The third-order valence-corrected chi connectivity index (χ3v) is 4.08. The zero-order chi connectivity index (χ0) is 23.7. The van der Waals surface area contributed by atoms with E-state index in [1.807, 2.05) is 0 Å². The minimum atomic E-state index is -0.994. The van der Waals surface area contributed by atoms with E-state index in [-0.39, 0.29) is 19.0 Å². The number of anilines is 1. The van der Waals surface area contributed by atoms with E-state index in [0.717, 1.165) is 18.2 Å². The van der Waals surface area contributed by atoms with Crippen LogP contribution in [0, 0.1) is 11.6 Å². The maximum Gasteiger partial charge on any atom is 0.162 e. The van der Waals surface area contributed by atoms with Crippen LogP contribution in [0.1, 0.15) is 19.4 Å². The third-order valence-electron chi connectivity index (χ3n) is 4.08. The number of halogens is 2. The number of ether oxygens (including phenoxy) is 3. The molecule has 0 heterocycles. The summed E-state index contributed by atoms with van der Waals surface area (Å²) in [5, 5.41) is 15.6. The molecule has 0 unspecified atom stereocenters. The van der Waals surface area contributed by atoms with E-state index in [9.17, 15) is 18.7 Å². The molecule has 0 saturated heterocycles. The molecule has 0 bridgehead atoms. The predicted molar refractivity (Wildman–Crippen MR) is 117 cm³/mol. The fourth-order valence-electron chi connectivity index (χ4n) is 2.43. The van der Waals surface area contributed by atoms with Gasteiger partial charge in [-0.1, -0.05) is 6.07 Å². The monoisotopic (exact) mass is 448 g/mol. The molecule has 0 aromatic heterocycles. The molecule has 0 aliphatic carbocycles. The molecule has 0 spiro atoms. The smallest absolute Gasteiger partial charge is 0.162 e. The number of hydrazone groups is 1. The number of carbonyl (C=O) groups is 1. The Balaban J connectivity index is 2.07. The lowest BCUT2D eigenvalue weighted by Crippen LogP contribution is -2.28. The van der Waals surface area contributed by atoms with Crippen molar-refractivity contribution in [2.75, 3.05) is 25.8 Å². The fraction of sp³-hybridized carbons (Fsp3) is 0.304. The largest absolute Gasteiger partial charge is 0.493 e. The number of benzene rings is 2. The van der Waals surface area contributed by atoms with Gasteiger partial charge in [0.15, 0.2) is 23.1 Å². The highest BCUT2D eigenvalue weighted by Gasteiger charge is 2.16. The van der Waals surface area contributed by atoms with Crippen LogP contribution in [0.2, 0.25) is 0 Å². The molecule has 2 rings (SSSR count). The number of rotatable bonds is 11. The second-order valence-corrected chi connectivity index (χ2v) is 7.45.